The molecule has 16 heavy (non-hydrogen) atoms. The highest BCUT2D eigenvalue weighted by atomic mass is 32.2. The molecular weight excluding hydrogens is 226 g/mol. The molecule has 88 valence electrons. The maximum absolute atomic E-state index is 10.7. The molecule has 1 unspecified atom stereocenters. The summed E-state index contributed by atoms with van der Waals surface area (Å²) >= 11 is 1.72. The van der Waals surface area contributed by atoms with Gasteiger partial charge in [-0.25, -0.2) is 0 Å². The minimum absolute atomic E-state index is 0.109. The van der Waals surface area contributed by atoms with Crippen LogP contribution in [0.1, 0.15) is 13.3 Å². The van der Waals surface area contributed by atoms with Crippen molar-refractivity contribution in [2.24, 2.45) is 0 Å². The van der Waals surface area contributed by atoms with E-state index >= 15 is 0 Å². The predicted octanol–water partition coefficient (Wildman–Crippen LogP) is 2.54. The molecule has 0 aromatic carbocycles. The number of hydrogen-bond acceptors (Lipinski definition) is 5. The van der Waals surface area contributed by atoms with Crippen molar-refractivity contribution in [3.63, 3.8) is 0 Å². The highest BCUT2D eigenvalue weighted by Crippen LogP contribution is 2.22. The van der Waals surface area contributed by atoms with E-state index in [0.717, 1.165) is 12.2 Å². The Labute approximate surface area is 98.8 Å². The minimum Gasteiger partial charge on any atom is -0.375 e. The number of hydrogen-bond donors (Lipinski definition) is 1. The van der Waals surface area contributed by atoms with E-state index in [1.165, 1.54) is 6.20 Å². The highest BCUT2D eigenvalue weighted by molar-refractivity contribution is 7.98. The summed E-state index contributed by atoms with van der Waals surface area (Å²) in [5.74, 6) is 0.810. The Morgan fingerprint density at radius 3 is 3.00 bits per heavy atom. The van der Waals surface area contributed by atoms with E-state index in [1.807, 2.05) is 6.26 Å². The molecule has 1 atom stereocenters. The van der Waals surface area contributed by atoms with Gasteiger partial charge in [-0.2, -0.15) is 11.8 Å². The topological polar surface area (TPSA) is 68.1 Å². The molecule has 0 spiro atoms. The molecule has 0 amide bonds. The predicted molar refractivity (Wildman–Crippen MR) is 67.0 cm³/mol. The minimum atomic E-state index is -0.464. The van der Waals surface area contributed by atoms with Gasteiger partial charge in [-0.1, -0.05) is 6.92 Å². The van der Waals surface area contributed by atoms with E-state index in [9.17, 15) is 10.1 Å². The van der Waals surface area contributed by atoms with Crippen LogP contribution in [-0.4, -0.2) is 28.0 Å². The molecule has 0 aliphatic carbocycles. The molecule has 0 aliphatic rings. The lowest BCUT2D eigenvalue weighted by molar-refractivity contribution is -0.388. The van der Waals surface area contributed by atoms with Crippen LogP contribution in [0, 0.1) is 10.1 Å². The molecule has 1 aromatic rings. The Hall–Kier alpha value is -1.30. The molecule has 1 rings (SSSR count). The van der Waals surface area contributed by atoms with E-state index in [4.69, 9.17) is 0 Å². The maximum Gasteiger partial charge on any atom is 0.386 e. The maximum atomic E-state index is 10.7. The molecule has 0 saturated heterocycles. The summed E-state index contributed by atoms with van der Waals surface area (Å²) in [5.41, 5.74) is 0.494. The number of nitro groups is 1. The Kier molecular flexibility index (Phi) is 5.04. The number of aromatic nitrogens is 1. The first-order valence-electron chi connectivity index (χ1n) is 5.04. The molecule has 5 nitrogen and oxygen atoms in total. The SMILES string of the molecule is CCC(CSC)Nc1cccnc1[N+](=O)[O-]. The molecule has 6 heteroatoms. The second-order valence-corrected chi connectivity index (χ2v) is 4.25. The zero-order valence-electron chi connectivity index (χ0n) is 9.34. The summed E-state index contributed by atoms with van der Waals surface area (Å²) in [7, 11) is 0. The third-order valence-electron chi connectivity index (χ3n) is 2.18. The van der Waals surface area contributed by atoms with Crippen LogP contribution in [0.2, 0.25) is 0 Å². The first kappa shape index (κ1) is 12.8. The van der Waals surface area contributed by atoms with Crippen molar-refractivity contribution in [2.45, 2.75) is 19.4 Å². The number of nitrogens with one attached hydrogen (secondary N) is 1. The van der Waals surface area contributed by atoms with Gasteiger partial charge in [0.05, 0.1) is 0 Å². The van der Waals surface area contributed by atoms with Crippen molar-refractivity contribution in [3.8, 4) is 0 Å². The number of pyridine rings is 1. The number of rotatable bonds is 6. The Bertz CT molecular complexity index is 360. The van der Waals surface area contributed by atoms with Crippen LogP contribution >= 0.6 is 11.8 Å². The van der Waals surface area contributed by atoms with Crippen molar-refractivity contribution in [3.05, 3.63) is 28.4 Å². The number of anilines is 1. The van der Waals surface area contributed by atoms with Gasteiger partial charge in [0.15, 0.2) is 0 Å². The molecule has 0 bridgehead atoms. The Balaban J connectivity index is 2.82. The van der Waals surface area contributed by atoms with Crippen molar-refractivity contribution >= 4 is 23.3 Å². The highest BCUT2D eigenvalue weighted by Gasteiger charge is 2.16. The van der Waals surface area contributed by atoms with Crippen LogP contribution in [0.3, 0.4) is 0 Å². The third-order valence-corrected chi connectivity index (χ3v) is 2.92. The van der Waals surface area contributed by atoms with Crippen molar-refractivity contribution in [2.75, 3.05) is 17.3 Å². The fourth-order valence-corrected chi connectivity index (χ4v) is 2.06. The zero-order valence-corrected chi connectivity index (χ0v) is 10.2. The van der Waals surface area contributed by atoms with Gasteiger partial charge < -0.3 is 15.4 Å². The first-order chi connectivity index (χ1) is 7.69. The normalized spacial score (nSPS) is 12.1. The van der Waals surface area contributed by atoms with Crippen LogP contribution in [0.15, 0.2) is 18.3 Å². The molecule has 0 fully saturated rings. The number of thioether (sulfide) groups is 1. The summed E-state index contributed by atoms with van der Waals surface area (Å²) in [5, 5.41) is 13.9. The van der Waals surface area contributed by atoms with E-state index in [1.54, 1.807) is 23.9 Å². The van der Waals surface area contributed by atoms with Crippen LogP contribution in [0.5, 0.6) is 0 Å². The fourth-order valence-electron chi connectivity index (χ4n) is 1.34. The van der Waals surface area contributed by atoms with Crippen molar-refractivity contribution in [1.82, 2.24) is 4.98 Å². The monoisotopic (exact) mass is 241 g/mol. The second-order valence-electron chi connectivity index (χ2n) is 3.34. The molecule has 0 saturated carbocycles. The Morgan fingerprint density at radius 1 is 1.69 bits per heavy atom. The lowest BCUT2D eigenvalue weighted by Gasteiger charge is -2.16. The summed E-state index contributed by atoms with van der Waals surface area (Å²) in [4.78, 5) is 14.0. The Morgan fingerprint density at radius 2 is 2.44 bits per heavy atom. The molecule has 0 aliphatic heterocycles. The van der Waals surface area contributed by atoms with Crippen LogP contribution in [0.25, 0.3) is 0 Å². The quantitative estimate of drug-likeness (QED) is 0.612. The standard InChI is InChI=1S/C10H15N3O2S/c1-3-8(7-16-2)12-9-5-4-6-11-10(9)13(14)15/h4-6,8,12H,3,7H2,1-2H3. The van der Waals surface area contributed by atoms with Crippen LogP contribution in [-0.2, 0) is 0 Å². The average Bonchev–Trinajstić information content (AvgIpc) is 2.29. The smallest absolute Gasteiger partial charge is 0.375 e. The van der Waals surface area contributed by atoms with Crippen molar-refractivity contribution in [1.29, 1.82) is 0 Å². The van der Waals surface area contributed by atoms with Gasteiger partial charge >= 0.3 is 5.82 Å². The fraction of sp³-hybridized carbons (Fsp3) is 0.500. The van der Waals surface area contributed by atoms with Crippen LogP contribution < -0.4 is 5.32 Å². The van der Waals surface area contributed by atoms with Gasteiger partial charge in [-0.3, -0.25) is 0 Å². The van der Waals surface area contributed by atoms with Gasteiger partial charge in [-0.05, 0) is 34.7 Å². The lowest BCUT2D eigenvalue weighted by atomic mass is 10.2. The zero-order chi connectivity index (χ0) is 12.0. The van der Waals surface area contributed by atoms with Gasteiger partial charge in [0.25, 0.3) is 0 Å². The van der Waals surface area contributed by atoms with Gasteiger partial charge in [0, 0.05) is 11.8 Å². The number of nitrogens with zero attached hydrogens (tertiary/aromatic N) is 2. The summed E-state index contributed by atoms with van der Waals surface area (Å²) in [6.07, 6.45) is 4.37. The largest absolute Gasteiger partial charge is 0.386 e. The molecule has 1 aromatic heterocycles. The van der Waals surface area contributed by atoms with Gasteiger partial charge in [-0.15, -0.1) is 0 Å². The first-order valence-corrected chi connectivity index (χ1v) is 6.43. The van der Waals surface area contributed by atoms with Crippen LogP contribution in [0.4, 0.5) is 11.5 Å². The summed E-state index contributed by atoms with van der Waals surface area (Å²) < 4.78 is 0. The van der Waals surface area contributed by atoms with E-state index in [0.29, 0.717) is 5.69 Å². The molecular formula is C10H15N3O2S. The molecule has 0 radical (unpaired) electrons. The van der Waals surface area contributed by atoms with E-state index in [2.05, 4.69) is 17.2 Å². The second kappa shape index (κ2) is 6.32. The summed E-state index contributed by atoms with van der Waals surface area (Å²) in [6.45, 7) is 2.05. The molecule has 1 heterocycles. The van der Waals surface area contributed by atoms with E-state index < -0.39 is 4.92 Å². The van der Waals surface area contributed by atoms with Crippen molar-refractivity contribution < 1.29 is 4.92 Å². The average molecular weight is 241 g/mol. The lowest BCUT2D eigenvalue weighted by Crippen LogP contribution is -2.21. The third kappa shape index (κ3) is 3.37. The summed E-state index contributed by atoms with van der Waals surface area (Å²) in [6, 6.07) is 3.62. The van der Waals surface area contributed by atoms with Gasteiger partial charge in [0.2, 0.25) is 0 Å². The van der Waals surface area contributed by atoms with Gasteiger partial charge in [0.1, 0.15) is 11.9 Å². The van der Waals surface area contributed by atoms with E-state index in [-0.39, 0.29) is 11.9 Å². The molecule has 1 N–H and O–H groups in total.